The maximum atomic E-state index is 3.75. The monoisotopic (exact) mass is 223 g/mol. The maximum absolute atomic E-state index is 3.75. The third-order valence-electron chi connectivity index (χ3n) is 4.80. The number of hydrogen-bond donors (Lipinski definition) is 1. The molecule has 0 radical (unpaired) electrons. The van der Waals surface area contributed by atoms with E-state index in [4.69, 9.17) is 0 Å². The molecule has 2 rings (SSSR count). The molecule has 2 aliphatic carbocycles. The lowest BCUT2D eigenvalue weighted by atomic mass is 9.90. The molecule has 16 heavy (non-hydrogen) atoms. The summed E-state index contributed by atoms with van der Waals surface area (Å²) in [7, 11) is 0. The van der Waals surface area contributed by atoms with Gasteiger partial charge in [0, 0.05) is 6.04 Å². The van der Waals surface area contributed by atoms with Crippen LogP contribution in [0.25, 0.3) is 0 Å². The van der Waals surface area contributed by atoms with Crippen LogP contribution in [0, 0.1) is 11.8 Å². The van der Waals surface area contributed by atoms with Gasteiger partial charge in [-0.1, -0.05) is 45.4 Å². The van der Waals surface area contributed by atoms with Crippen LogP contribution in [0.5, 0.6) is 0 Å². The zero-order valence-electron chi connectivity index (χ0n) is 11.0. The second-order valence-electron chi connectivity index (χ2n) is 5.94. The quantitative estimate of drug-likeness (QED) is 0.714. The first-order valence-corrected chi connectivity index (χ1v) is 7.63. The molecule has 0 aromatic heterocycles. The summed E-state index contributed by atoms with van der Waals surface area (Å²) in [6.07, 6.45) is 14.9. The summed E-state index contributed by atoms with van der Waals surface area (Å²) >= 11 is 0. The zero-order chi connectivity index (χ0) is 11.2. The highest BCUT2D eigenvalue weighted by Crippen LogP contribution is 2.33. The Balaban J connectivity index is 1.72. The van der Waals surface area contributed by atoms with Crippen LogP contribution < -0.4 is 5.32 Å². The van der Waals surface area contributed by atoms with Crippen molar-refractivity contribution >= 4 is 0 Å². The standard InChI is InChI=1S/C15H29N/c1-2-16-15(14-9-5-6-10-14)12-11-13-7-3-4-8-13/h13-16H,2-12H2,1H3. The molecular weight excluding hydrogens is 194 g/mol. The molecule has 1 atom stereocenters. The predicted octanol–water partition coefficient (Wildman–Crippen LogP) is 4.13. The lowest BCUT2D eigenvalue weighted by molar-refractivity contribution is 0.316. The first-order valence-electron chi connectivity index (χ1n) is 7.63. The van der Waals surface area contributed by atoms with Gasteiger partial charge in [-0.05, 0) is 44.1 Å². The van der Waals surface area contributed by atoms with Gasteiger partial charge in [-0.25, -0.2) is 0 Å². The average Bonchev–Trinajstić information content (AvgIpc) is 2.96. The number of nitrogens with one attached hydrogen (secondary N) is 1. The molecule has 0 amide bonds. The smallest absolute Gasteiger partial charge is 0.00953 e. The summed E-state index contributed by atoms with van der Waals surface area (Å²) in [6, 6.07) is 0.841. The largest absolute Gasteiger partial charge is 0.314 e. The molecular formula is C15H29N. The molecule has 2 aliphatic rings. The van der Waals surface area contributed by atoms with Gasteiger partial charge in [-0.15, -0.1) is 0 Å². The molecule has 0 saturated heterocycles. The first kappa shape index (κ1) is 12.4. The van der Waals surface area contributed by atoms with Gasteiger partial charge < -0.3 is 5.32 Å². The van der Waals surface area contributed by atoms with Crippen molar-refractivity contribution in [3.63, 3.8) is 0 Å². The lowest BCUT2D eigenvalue weighted by Crippen LogP contribution is -2.35. The van der Waals surface area contributed by atoms with E-state index in [1.54, 1.807) is 0 Å². The van der Waals surface area contributed by atoms with E-state index < -0.39 is 0 Å². The first-order chi connectivity index (χ1) is 7.90. The fourth-order valence-corrected chi connectivity index (χ4v) is 3.84. The van der Waals surface area contributed by atoms with Crippen molar-refractivity contribution in [2.45, 2.75) is 77.2 Å². The van der Waals surface area contributed by atoms with Crippen LogP contribution in [0.3, 0.4) is 0 Å². The van der Waals surface area contributed by atoms with E-state index >= 15 is 0 Å². The van der Waals surface area contributed by atoms with Crippen LogP contribution in [0.15, 0.2) is 0 Å². The molecule has 94 valence electrons. The molecule has 1 nitrogen and oxygen atoms in total. The highest BCUT2D eigenvalue weighted by Gasteiger charge is 2.25. The Kier molecular flexibility index (Phi) is 5.15. The van der Waals surface area contributed by atoms with Gasteiger partial charge >= 0.3 is 0 Å². The summed E-state index contributed by atoms with van der Waals surface area (Å²) < 4.78 is 0. The second-order valence-corrected chi connectivity index (χ2v) is 5.94. The lowest BCUT2D eigenvalue weighted by Gasteiger charge is -2.25. The molecule has 2 saturated carbocycles. The van der Waals surface area contributed by atoms with E-state index in [1.165, 1.54) is 64.2 Å². The molecule has 1 heteroatoms. The summed E-state index contributed by atoms with van der Waals surface area (Å²) in [5, 5.41) is 3.75. The molecule has 1 N–H and O–H groups in total. The van der Waals surface area contributed by atoms with Crippen LogP contribution in [0.1, 0.15) is 71.1 Å². The van der Waals surface area contributed by atoms with Crippen molar-refractivity contribution in [3.05, 3.63) is 0 Å². The minimum absolute atomic E-state index is 0.841. The van der Waals surface area contributed by atoms with E-state index in [9.17, 15) is 0 Å². The molecule has 0 aliphatic heterocycles. The fraction of sp³-hybridized carbons (Fsp3) is 1.00. The van der Waals surface area contributed by atoms with Gasteiger partial charge in [0.15, 0.2) is 0 Å². The van der Waals surface area contributed by atoms with Gasteiger partial charge in [0.05, 0.1) is 0 Å². The summed E-state index contributed by atoms with van der Waals surface area (Å²) in [4.78, 5) is 0. The molecule has 0 aromatic carbocycles. The minimum Gasteiger partial charge on any atom is -0.314 e. The molecule has 0 aromatic rings. The van der Waals surface area contributed by atoms with Crippen LogP contribution in [-0.4, -0.2) is 12.6 Å². The van der Waals surface area contributed by atoms with Crippen molar-refractivity contribution in [1.29, 1.82) is 0 Å². The number of rotatable bonds is 6. The van der Waals surface area contributed by atoms with E-state index in [0.717, 1.165) is 24.4 Å². The third-order valence-corrected chi connectivity index (χ3v) is 4.80. The third kappa shape index (κ3) is 3.48. The highest BCUT2D eigenvalue weighted by atomic mass is 14.9. The maximum Gasteiger partial charge on any atom is 0.00953 e. The topological polar surface area (TPSA) is 12.0 Å². The normalized spacial score (nSPS) is 25.3. The van der Waals surface area contributed by atoms with Gasteiger partial charge in [0.1, 0.15) is 0 Å². The Morgan fingerprint density at radius 1 is 1.00 bits per heavy atom. The van der Waals surface area contributed by atoms with Gasteiger partial charge in [0.2, 0.25) is 0 Å². The SMILES string of the molecule is CCNC(CCC1CCCC1)C1CCCC1. The van der Waals surface area contributed by atoms with Crippen LogP contribution >= 0.6 is 0 Å². The van der Waals surface area contributed by atoms with Crippen LogP contribution in [-0.2, 0) is 0 Å². The van der Waals surface area contributed by atoms with E-state index in [-0.39, 0.29) is 0 Å². The van der Waals surface area contributed by atoms with Gasteiger partial charge in [-0.3, -0.25) is 0 Å². The van der Waals surface area contributed by atoms with Crippen LogP contribution in [0.4, 0.5) is 0 Å². The van der Waals surface area contributed by atoms with Crippen molar-refractivity contribution < 1.29 is 0 Å². The van der Waals surface area contributed by atoms with E-state index in [0.29, 0.717) is 0 Å². The van der Waals surface area contributed by atoms with E-state index in [1.807, 2.05) is 0 Å². The Hall–Kier alpha value is -0.0400. The van der Waals surface area contributed by atoms with Crippen molar-refractivity contribution in [2.24, 2.45) is 11.8 Å². The fourth-order valence-electron chi connectivity index (χ4n) is 3.84. The predicted molar refractivity (Wildman–Crippen MR) is 70.6 cm³/mol. The summed E-state index contributed by atoms with van der Waals surface area (Å²) in [5.41, 5.74) is 0. The van der Waals surface area contributed by atoms with Crippen molar-refractivity contribution in [1.82, 2.24) is 5.32 Å². The Labute approximate surface area is 101 Å². The van der Waals surface area contributed by atoms with Crippen molar-refractivity contribution in [2.75, 3.05) is 6.54 Å². The van der Waals surface area contributed by atoms with Gasteiger partial charge in [0.25, 0.3) is 0 Å². The molecule has 0 spiro atoms. The molecule has 2 fully saturated rings. The van der Waals surface area contributed by atoms with E-state index in [2.05, 4.69) is 12.2 Å². The molecule has 1 unspecified atom stereocenters. The molecule has 0 bridgehead atoms. The van der Waals surface area contributed by atoms with Crippen molar-refractivity contribution in [3.8, 4) is 0 Å². The zero-order valence-corrected chi connectivity index (χ0v) is 11.0. The summed E-state index contributed by atoms with van der Waals surface area (Å²) in [5.74, 6) is 2.07. The molecule has 0 heterocycles. The Morgan fingerprint density at radius 3 is 2.25 bits per heavy atom. The second kappa shape index (κ2) is 6.64. The highest BCUT2D eigenvalue weighted by molar-refractivity contribution is 4.81. The minimum atomic E-state index is 0.841. The summed E-state index contributed by atoms with van der Waals surface area (Å²) in [6.45, 7) is 3.42. The van der Waals surface area contributed by atoms with Crippen LogP contribution in [0.2, 0.25) is 0 Å². The Morgan fingerprint density at radius 2 is 1.62 bits per heavy atom. The number of hydrogen-bond acceptors (Lipinski definition) is 1. The Bertz CT molecular complexity index is 178. The average molecular weight is 223 g/mol. The van der Waals surface area contributed by atoms with Gasteiger partial charge in [-0.2, -0.15) is 0 Å².